The summed E-state index contributed by atoms with van der Waals surface area (Å²) in [6, 6.07) is 9.23. The minimum atomic E-state index is -3.32. The zero-order valence-corrected chi connectivity index (χ0v) is 15.0. The predicted octanol–water partition coefficient (Wildman–Crippen LogP) is 1.50. The number of sulfonamides is 1. The zero-order chi connectivity index (χ0) is 18.0. The summed E-state index contributed by atoms with van der Waals surface area (Å²) in [6.07, 6.45) is 3.52. The van der Waals surface area contributed by atoms with Gasteiger partial charge in [-0.2, -0.15) is 5.26 Å². The van der Waals surface area contributed by atoms with E-state index in [1.165, 1.54) is 18.4 Å². The number of hydrogen-bond acceptors (Lipinski definition) is 5. The molecule has 0 unspecified atom stereocenters. The molecule has 0 amide bonds. The fourth-order valence-corrected chi connectivity index (χ4v) is 4.16. The highest BCUT2D eigenvalue weighted by atomic mass is 32.2. The molecular weight excluding hydrogens is 340 g/mol. The van der Waals surface area contributed by atoms with Gasteiger partial charge in [0.1, 0.15) is 5.82 Å². The first-order valence-electron chi connectivity index (χ1n) is 7.93. The van der Waals surface area contributed by atoms with E-state index in [4.69, 9.17) is 10.00 Å². The van der Waals surface area contributed by atoms with Crippen LogP contribution in [0.3, 0.4) is 0 Å². The van der Waals surface area contributed by atoms with Crippen molar-refractivity contribution in [1.29, 1.82) is 5.26 Å². The van der Waals surface area contributed by atoms with Crippen LogP contribution in [-0.2, 0) is 14.8 Å². The Labute approximate surface area is 147 Å². The molecule has 1 aromatic carbocycles. The summed E-state index contributed by atoms with van der Waals surface area (Å²) in [7, 11) is -0.241. The quantitative estimate of drug-likeness (QED) is 0.806. The first-order chi connectivity index (χ1) is 11.9. The largest absolute Gasteiger partial charge is 0.379 e. The van der Waals surface area contributed by atoms with Crippen LogP contribution in [0.5, 0.6) is 0 Å². The number of ether oxygens (including phenoxy) is 1. The van der Waals surface area contributed by atoms with Gasteiger partial charge in [0.2, 0.25) is 10.0 Å². The number of aromatic nitrogens is 2. The third-order valence-corrected chi connectivity index (χ3v) is 6.38. The molecule has 2 heterocycles. The molecule has 1 fully saturated rings. The number of nitrogens with zero attached hydrogens (tertiary/aromatic N) is 4. The van der Waals surface area contributed by atoms with Crippen LogP contribution in [0.1, 0.15) is 11.6 Å². The van der Waals surface area contributed by atoms with Crippen LogP contribution in [-0.4, -0.2) is 55.3 Å². The molecule has 0 aliphatic carbocycles. The van der Waals surface area contributed by atoms with Crippen LogP contribution < -0.4 is 0 Å². The van der Waals surface area contributed by atoms with Gasteiger partial charge in [-0.25, -0.2) is 17.7 Å². The Morgan fingerprint density at radius 1 is 1.40 bits per heavy atom. The molecule has 1 saturated heterocycles. The summed E-state index contributed by atoms with van der Waals surface area (Å²) in [5.74, 6) is 0.583. The van der Waals surface area contributed by atoms with Gasteiger partial charge in [0.05, 0.1) is 36.6 Å². The lowest BCUT2D eigenvalue weighted by atomic mass is 10.1. The summed E-state index contributed by atoms with van der Waals surface area (Å²) in [4.78, 5) is 4.41. The minimum absolute atomic E-state index is 0.0283. The lowest BCUT2D eigenvalue weighted by Gasteiger charge is -2.22. The van der Waals surface area contributed by atoms with E-state index >= 15 is 0 Å². The Bertz CT molecular complexity index is 899. The van der Waals surface area contributed by atoms with Crippen LogP contribution in [0.2, 0.25) is 0 Å². The third-order valence-electron chi connectivity index (χ3n) is 4.42. The lowest BCUT2D eigenvalue weighted by Crippen LogP contribution is -2.32. The topological polar surface area (TPSA) is 88.2 Å². The van der Waals surface area contributed by atoms with Gasteiger partial charge in [-0.05, 0) is 12.1 Å². The van der Waals surface area contributed by atoms with Crippen molar-refractivity contribution in [2.75, 3.05) is 33.1 Å². The first kappa shape index (κ1) is 17.6. The molecule has 8 heteroatoms. The predicted molar refractivity (Wildman–Crippen MR) is 93.2 cm³/mol. The van der Waals surface area contributed by atoms with Gasteiger partial charge in [-0.1, -0.05) is 12.1 Å². The van der Waals surface area contributed by atoms with Crippen LogP contribution in [0.4, 0.5) is 0 Å². The average molecular weight is 360 g/mol. The summed E-state index contributed by atoms with van der Waals surface area (Å²) in [6.45, 7) is 0.836. The van der Waals surface area contributed by atoms with Gasteiger partial charge in [-0.3, -0.25) is 0 Å². The van der Waals surface area contributed by atoms with Crippen molar-refractivity contribution in [2.45, 2.75) is 6.04 Å². The molecule has 0 bridgehead atoms. The molecule has 1 aromatic heterocycles. The summed E-state index contributed by atoms with van der Waals surface area (Å²) in [5.41, 5.74) is 1.38. The Hall–Kier alpha value is -2.21. The molecule has 25 heavy (non-hydrogen) atoms. The van der Waals surface area contributed by atoms with E-state index in [0.717, 1.165) is 5.56 Å². The van der Waals surface area contributed by atoms with E-state index in [9.17, 15) is 8.42 Å². The maximum absolute atomic E-state index is 12.2. The minimum Gasteiger partial charge on any atom is -0.379 e. The van der Waals surface area contributed by atoms with E-state index < -0.39 is 10.0 Å². The number of benzene rings is 1. The Morgan fingerprint density at radius 3 is 2.92 bits per heavy atom. The van der Waals surface area contributed by atoms with Crippen LogP contribution in [0, 0.1) is 17.2 Å². The molecule has 1 aliphatic heterocycles. The van der Waals surface area contributed by atoms with Crippen molar-refractivity contribution < 1.29 is 13.2 Å². The summed E-state index contributed by atoms with van der Waals surface area (Å²) >= 11 is 0. The molecule has 0 saturated carbocycles. The highest BCUT2D eigenvalue weighted by Gasteiger charge is 2.35. The third kappa shape index (κ3) is 3.58. The Kier molecular flexibility index (Phi) is 4.90. The molecule has 0 radical (unpaired) electrons. The molecule has 7 nitrogen and oxygen atoms in total. The zero-order valence-electron chi connectivity index (χ0n) is 14.2. The molecule has 2 aromatic rings. The second-order valence-electron chi connectivity index (χ2n) is 6.28. The molecule has 0 N–H and O–H groups in total. The van der Waals surface area contributed by atoms with Gasteiger partial charge in [0.25, 0.3) is 0 Å². The normalized spacial score (nSPS) is 20.7. The fraction of sp³-hybridized carbons (Fsp3) is 0.412. The van der Waals surface area contributed by atoms with E-state index in [0.29, 0.717) is 24.6 Å². The van der Waals surface area contributed by atoms with E-state index in [-0.39, 0.29) is 17.7 Å². The standard InChI is InChI=1S/C17H20N4O3S/c1-20(2)25(22,23)12-15-10-24-11-16(15)21-7-6-19-17(21)14-5-3-4-13(8-14)9-18/h3-8,15-16H,10-12H2,1-2H3/t15-,16+/m0/s1. The van der Waals surface area contributed by atoms with Crippen molar-refractivity contribution in [2.24, 2.45) is 5.92 Å². The van der Waals surface area contributed by atoms with Crippen LogP contribution >= 0.6 is 0 Å². The maximum Gasteiger partial charge on any atom is 0.214 e. The molecule has 2 atom stereocenters. The van der Waals surface area contributed by atoms with Crippen LogP contribution in [0.15, 0.2) is 36.7 Å². The molecule has 1 aliphatic rings. The fourth-order valence-electron chi connectivity index (χ4n) is 3.01. The smallest absolute Gasteiger partial charge is 0.214 e. The van der Waals surface area contributed by atoms with Crippen LogP contribution in [0.25, 0.3) is 11.4 Å². The molecule has 3 rings (SSSR count). The first-order valence-corrected chi connectivity index (χ1v) is 9.54. The second kappa shape index (κ2) is 6.96. The number of nitriles is 1. The number of hydrogen-bond donors (Lipinski definition) is 0. The summed E-state index contributed by atoms with van der Waals surface area (Å²) in [5, 5.41) is 9.09. The van der Waals surface area contributed by atoms with Crippen molar-refractivity contribution in [3.05, 3.63) is 42.2 Å². The number of imidazole rings is 1. The van der Waals surface area contributed by atoms with Gasteiger partial charge >= 0.3 is 0 Å². The monoisotopic (exact) mass is 360 g/mol. The Morgan fingerprint density at radius 2 is 2.20 bits per heavy atom. The second-order valence-corrected chi connectivity index (χ2v) is 8.50. The van der Waals surface area contributed by atoms with E-state index in [1.54, 1.807) is 18.3 Å². The molecular formula is C17H20N4O3S. The lowest BCUT2D eigenvalue weighted by molar-refractivity contribution is 0.182. The Balaban J connectivity index is 1.92. The summed E-state index contributed by atoms with van der Waals surface area (Å²) < 4.78 is 33.3. The highest BCUT2D eigenvalue weighted by Crippen LogP contribution is 2.31. The van der Waals surface area contributed by atoms with Gasteiger partial charge < -0.3 is 9.30 Å². The maximum atomic E-state index is 12.2. The van der Waals surface area contributed by atoms with Crippen molar-refractivity contribution in [3.63, 3.8) is 0 Å². The van der Waals surface area contributed by atoms with Gasteiger partial charge in [0, 0.05) is 38.0 Å². The number of rotatable bonds is 5. The SMILES string of the molecule is CN(C)S(=O)(=O)C[C@@H]1COC[C@H]1n1ccnc1-c1cccc(C#N)c1. The van der Waals surface area contributed by atoms with Crippen molar-refractivity contribution >= 4 is 10.0 Å². The highest BCUT2D eigenvalue weighted by molar-refractivity contribution is 7.89. The van der Waals surface area contributed by atoms with E-state index in [2.05, 4.69) is 11.1 Å². The molecule has 0 spiro atoms. The van der Waals surface area contributed by atoms with Crippen molar-refractivity contribution in [1.82, 2.24) is 13.9 Å². The van der Waals surface area contributed by atoms with Gasteiger partial charge in [0.15, 0.2) is 0 Å². The average Bonchev–Trinajstić information content (AvgIpc) is 3.23. The molecule has 132 valence electrons. The van der Waals surface area contributed by atoms with E-state index in [1.807, 2.05) is 22.9 Å². The van der Waals surface area contributed by atoms with Gasteiger partial charge in [-0.15, -0.1) is 0 Å². The van der Waals surface area contributed by atoms with Crippen molar-refractivity contribution in [3.8, 4) is 17.5 Å².